The van der Waals surface area contributed by atoms with E-state index in [-0.39, 0.29) is 0 Å². The fraction of sp³-hybridized carbons (Fsp3) is 0.333. The Morgan fingerprint density at radius 2 is 2.00 bits per heavy atom. The molecule has 0 unspecified atom stereocenters. The molecule has 0 N–H and O–H groups in total. The van der Waals surface area contributed by atoms with Gasteiger partial charge in [0, 0.05) is 17.6 Å². The summed E-state index contributed by atoms with van der Waals surface area (Å²) in [7, 11) is 1.70. The SMILES string of the molecule is COc1ccc([C@@H]2CCCN2Cc2cccc(Cl)c2)cc1. The van der Waals surface area contributed by atoms with Crippen LogP contribution < -0.4 is 4.74 Å². The first-order chi connectivity index (χ1) is 10.3. The Bertz CT molecular complexity index is 596. The molecule has 21 heavy (non-hydrogen) atoms. The first-order valence-corrected chi connectivity index (χ1v) is 7.76. The highest BCUT2D eigenvalue weighted by Gasteiger charge is 2.25. The van der Waals surface area contributed by atoms with Crippen molar-refractivity contribution in [3.8, 4) is 5.75 Å². The van der Waals surface area contributed by atoms with Crippen LogP contribution >= 0.6 is 11.6 Å². The van der Waals surface area contributed by atoms with Gasteiger partial charge in [-0.3, -0.25) is 4.90 Å². The zero-order chi connectivity index (χ0) is 14.7. The molecule has 110 valence electrons. The third-order valence-electron chi connectivity index (χ3n) is 4.14. The van der Waals surface area contributed by atoms with Gasteiger partial charge in [0.05, 0.1) is 7.11 Å². The molecule has 0 amide bonds. The summed E-state index contributed by atoms with van der Waals surface area (Å²) in [6.45, 7) is 2.10. The summed E-state index contributed by atoms with van der Waals surface area (Å²) in [4.78, 5) is 2.54. The highest BCUT2D eigenvalue weighted by molar-refractivity contribution is 6.30. The zero-order valence-electron chi connectivity index (χ0n) is 12.3. The average molecular weight is 302 g/mol. The van der Waals surface area contributed by atoms with E-state index in [0.717, 1.165) is 23.9 Å². The molecule has 0 bridgehead atoms. The number of hydrogen-bond donors (Lipinski definition) is 0. The maximum atomic E-state index is 6.08. The number of halogens is 1. The molecular weight excluding hydrogens is 282 g/mol. The highest BCUT2D eigenvalue weighted by Crippen LogP contribution is 2.34. The fourth-order valence-corrected chi connectivity index (χ4v) is 3.30. The summed E-state index contributed by atoms with van der Waals surface area (Å²) >= 11 is 6.08. The van der Waals surface area contributed by atoms with E-state index in [1.54, 1.807) is 7.11 Å². The molecule has 2 aromatic rings. The van der Waals surface area contributed by atoms with Gasteiger partial charge in [0.25, 0.3) is 0 Å². The molecule has 2 aromatic carbocycles. The van der Waals surface area contributed by atoms with Crippen molar-refractivity contribution in [3.05, 3.63) is 64.7 Å². The summed E-state index contributed by atoms with van der Waals surface area (Å²) < 4.78 is 5.24. The maximum absolute atomic E-state index is 6.08. The molecule has 0 saturated carbocycles. The second-order valence-corrected chi connectivity index (χ2v) is 5.97. The average Bonchev–Trinajstić information content (AvgIpc) is 2.95. The molecule has 0 aliphatic carbocycles. The first kappa shape index (κ1) is 14.4. The van der Waals surface area contributed by atoms with Gasteiger partial charge in [0.2, 0.25) is 0 Å². The molecule has 3 rings (SSSR count). The lowest BCUT2D eigenvalue weighted by Crippen LogP contribution is -2.22. The molecule has 0 aromatic heterocycles. The number of nitrogens with zero attached hydrogens (tertiary/aromatic N) is 1. The molecule has 1 aliphatic heterocycles. The second-order valence-electron chi connectivity index (χ2n) is 5.53. The Balaban J connectivity index is 1.75. The van der Waals surface area contributed by atoms with Gasteiger partial charge in [0.15, 0.2) is 0 Å². The number of hydrogen-bond acceptors (Lipinski definition) is 2. The van der Waals surface area contributed by atoms with E-state index in [1.807, 2.05) is 24.3 Å². The molecule has 1 fully saturated rings. The van der Waals surface area contributed by atoms with Crippen molar-refractivity contribution >= 4 is 11.6 Å². The topological polar surface area (TPSA) is 12.5 Å². The summed E-state index contributed by atoms with van der Waals surface area (Å²) in [6, 6.07) is 17.1. The molecule has 3 heteroatoms. The second kappa shape index (κ2) is 6.50. The van der Waals surface area contributed by atoms with Gasteiger partial charge in [0.1, 0.15) is 5.75 Å². The molecule has 1 saturated heterocycles. The number of likely N-dealkylation sites (tertiary alicyclic amines) is 1. The molecule has 0 spiro atoms. The number of rotatable bonds is 4. The molecule has 0 radical (unpaired) electrons. The Morgan fingerprint density at radius 1 is 1.19 bits per heavy atom. The van der Waals surface area contributed by atoms with Crippen LogP contribution in [-0.4, -0.2) is 18.6 Å². The highest BCUT2D eigenvalue weighted by atomic mass is 35.5. The van der Waals surface area contributed by atoms with Gasteiger partial charge in [-0.15, -0.1) is 0 Å². The third-order valence-corrected chi connectivity index (χ3v) is 4.37. The summed E-state index contributed by atoms with van der Waals surface area (Å²) in [5, 5.41) is 0.813. The van der Waals surface area contributed by atoms with E-state index in [0.29, 0.717) is 6.04 Å². The predicted molar refractivity (Wildman–Crippen MR) is 86.8 cm³/mol. The van der Waals surface area contributed by atoms with Crippen LogP contribution in [0, 0.1) is 0 Å². The van der Waals surface area contributed by atoms with Crippen molar-refractivity contribution < 1.29 is 4.74 Å². The van der Waals surface area contributed by atoms with Gasteiger partial charge in [-0.25, -0.2) is 0 Å². The summed E-state index contributed by atoms with van der Waals surface area (Å²) in [5.41, 5.74) is 2.65. The minimum Gasteiger partial charge on any atom is -0.497 e. The van der Waals surface area contributed by atoms with E-state index in [9.17, 15) is 0 Å². The Morgan fingerprint density at radius 3 is 2.71 bits per heavy atom. The zero-order valence-corrected chi connectivity index (χ0v) is 13.0. The smallest absolute Gasteiger partial charge is 0.118 e. The Labute approximate surface area is 131 Å². The molecule has 1 atom stereocenters. The maximum Gasteiger partial charge on any atom is 0.118 e. The lowest BCUT2D eigenvalue weighted by molar-refractivity contribution is 0.248. The van der Waals surface area contributed by atoms with E-state index in [4.69, 9.17) is 16.3 Å². The lowest BCUT2D eigenvalue weighted by Gasteiger charge is -2.25. The Kier molecular flexibility index (Phi) is 4.47. The van der Waals surface area contributed by atoms with Crippen LogP contribution in [-0.2, 0) is 6.54 Å². The minimum atomic E-state index is 0.495. The van der Waals surface area contributed by atoms with Gasteiger partial charge < -0.3 is 4.74 Å². The van der Waals surface area contributed by atoms with Gasteiger partial charge >= 0.3 is 0 Å². The first-order valence-electron chi connectivity index (χ1n) is 7.39. The van der Waals surface area contributed by atoms with Gasteiger partial charge in [-0.05, 0) is 54.8 Å². The molecule has 1 aliphatic rings. The summed E-state index contributed by atoms with van der Waals surface area (Å²) in [6.07, 6.45) is 2.46. The normalized spacial score (nSPS) is 18.9. The molecular formula is C18H20ClNO. The van der Waals surface area contributed by atoms with Crippen molar-refractivity contribution in [2.75, 3.05) is 13.7 Å². The predicted octanol–water partition coefficient (Wildman–Crippen LogP) is 4.69. The number of methoxy groups -OCH3 is 1. The van der Waals surface area contributed by atoms with Crippen LogP contribution in [0.5, 0.6) is 5.75 Å². The van der Waals surface area contributed by atoms with E-state index < -0.39 is 0 Å². The number of ether oxygens (including phenoxy) is 1. The van der Waals surface area contributed by atoms with E-state index in [1.165, 1.54) is 24.0 Å². The van der Waals surface area contributed by atoms with Crippen LogP contribution in [0.15, 0.2) is 48.5 Å². The van der Waals surface area contributed by atoms with Crippen molar-refractivity contribution in [3.63, 3.8) is 0 Å². The van der Waals surface area contributed by atoms with E-state index in [2.05, 4.69) is 29.2 Å². The third kappa shape index (κ3) is 3.39. The van der Waals surface area contributed by atoms with Crippen molar-refractivity contribution in [1.82, 2.24) is 4.90 Å². The largest absolute Gasteiger partial charge is 0.497 e. The van der Waals surface area contributed by atoms with Crippen LogP contribution in [0.2, 0.25) is 5.02 Å². The van der Waals surface area contributed by atoms with Crippen LogP contribution in [0.4, 0.5) is 0 Å². The van der Waals surface area contributed by atoms with Crippen molar-refractivity contribution in [1.29, 1.82) is 0 Å². The molecule has 2 nitrogen and oxygen atoms in total. The standard InChI is InChI=1S/C18H20ClNO/c1-21-17-9-7-15(8-10-17)18-6-3-11-20(18)13-14-4-2-5-16(19)12-14/h2,4-5,7-10,12,18H,3,6,11,13H2,1H3/t18-/m0/s1. The fourth-order valence-electron chi connectivity index (χ4n) is 3.09. The van der Waals surface area contributed by atoms with Crippen molar-refractivity contribution in [2.24, 2.45) is 0 Å². The van der Waals surface area contributed by atoms with Gasteiger partial charge in [-0.2, -0.15) is 0 Å². The minimum absolute atomic E-state index is 0.495. The van der Waals surface area contributed by atoms with Crippen LogP contribution in [0.25, 0.3) is 0 Å². The number of benzene rings is 2. The summed E-state index contributed by atoms with van der Waals surface area (Å²) in [5.74, 6) is 0.915. The van der Waals surface area contributed by atoms with Crippen LogP contribution in [0.3, 0.4) is 0 Å². The van der Waals surface area contributed by atoms with Crippen LogP contribution in [0.1, 0.15) is 30.0 Å². The monoisotopic (exact) mass is 301 g/mol. The quantitative estimate of drug-likeness (QED) is 0.812. The lowest BCUT2D eigenvalue weighted by atomic mass is 10.0. The molecule has 1 heterocycles. The Hall–Kier alpha value is -1.51. The van der Waals surface area contributed by atoms with E-state index >= 15 is 0 Å². The van der Waals surface area contributed by atoms with Gasteiger partial charge in [-0.1, -0.05) is 35.9 Å². The van der Waals surface area contributed by atoms with Crippen molar-refractivity contribution in [2.45, 2.75) is 25.4 Å².